The first-order chi connectivity index (χ1) is 14.0. The Hall–Kier alpha value is -3.41. The molecule has 146 valence electrons. The maximum absolute atomic E-state index is 13.4. The molecule has 6 heteroatoms. The highest BCUT2D eigenvalue weighted by Gasteiger charge is 2.37. The monoisotopic (exact) mass is 386 g/mol. The van der Waals surface area contributed by atoms with Gasteiger partial charge in [0, 0.05) is 23.5 Å². The second-order valence-electron chi connectivity index (χ2n) is 7.97. The SMILES string of the molecule is CC(C)[C@@H]1NC(=O)[C@@H](Cc2c[nH]c3ccccc23)n2c1nc1ccccc1c2=O. The third kappa shape index (κ3) is 2.75. The van der Waals surface area contributed by atoms with Crippen molar-refractivity contribution in [1.82, 2.24) is 19.9 Å². The van der Waals surface area contributed by atoms with E-state index in [9.17, 15) is 9.59 Å². The van der Waals surface area contributed by atoms with Crippen LogP contribution in [0.4, 0.5) is 0 Å². The molecule has 0 fully saturated rings. The van der Waals surface area contributed by atoms with Crippen LogP contribution in [0.25, 0.3) is 21.8 Å². The van der Waals surface area contributed by atoms with Crippen LogP contribution < -0.4 is 10.9 Å². The number of amides is 1. The molecular formula is C23H22N4O2. The molecule has 1 aliphatic rings. The first-order valence-corrected chi connectivity index (χ1v) is 9.91. The third-order valence-corrected chi connectivity index (χ3v) is 5.78. The number of nitrogens with zero attached hydrogens (tertiary/aromatic N) is 2. The van der Waals surface area contributed by atoms with E-state index in [1.165, 1.54) is 0 Å². The number of carbonyl (C=O) groups excluding carboxylic acids is 1. The number of carbonyl (C=O) groups is 1. The Kier molecular flexibility index (Phi) is 4.01. The van der Waals surface area contributed by atoms with Gasteiger partial charge in [-0.05, 0) is 29.7 Å². The van der Waals surface area contributed by atoms with Crippen LogP contribution in [0.2, 0.25) is 0 Å². The first kappa shape index (κ1) is 17.7. The lowest BCUT2D eigenvalue weighted by molar-refractivity contribution is -0.127. The second kappa shape index (κ2) is 6.58. The maximum atomic E-state index is 13.4. The molecule has 2 aromatic carbocycles. The second-order valence-corrected chi connectivity index (χ2v) is 7.97. The molecule has 4 aromatic rings. The number of para-hydroxylation sites is 2. The smallest absolute Gasteiger partial charge is 0.262 e. The Bertz CT molecular complexity index is 1300. The maximum Gasteiger partial charge on any atom is 0.262 e. The normalized spacial score (nSPS) is 18.9. The van der Waals surface area contributed by atoms with Gasteiger partial charge < -0.3 is 10.3 Å². The summed E-state index contributed by atoms with van der Waals surface area (Å²) in [4.78, 5) is 34.6. The van der Waals surface area contributed by atoms with Gasteiger partial charge in [0.1, 0.15) is 11.9 Å². The predicted octanol–water partition coefficient (Wildman–Crippen LogP) is 3.49. The number of fused-ring (bicyclic) bond motifs is 3. The summed E-state index contributed by atoms with van der Waals surface area (Å²) < 4.78 is 1.62. The third-order valence-electron chi connectivity index (χ3n) is 5.78. The van der Waals surface area contributed by atoms with Crippen LogP contribution in [-0.2, 0) is 11.2 Å². The topological polar surface area (TPSA) is 79.8 Å². The number of hydrogen-bond donors (Lipinski definition) is 2. The fourth-order valence-corrected chi connectivity index (χ4v) is 4.27. The molecule has 2 atom stereocenters. The molecule has 0 bridgehead atoms. The minimum absolute atomic E-state index is 0.118. The summed E-state index contributed by atoms with van der Waals surface area (Å²) in [6, 6.07) is 14.4. The number of H-pyrrole nitrogens is 1. The lowest BCUT2D eigenvalue weighted by atomic mass is 9.96. The molecule has 5 rings (SSSR count). The average Bonchev–Trinajstić information content (AvgIpc) is 3.13. The van der Waals surface area contributed by atoms with Gasteiger partial charge in [-0.2, -0.15) is 0 Å². The molecule has 0 radical (unpaired) electrons. The highest BCUT2D eigenvalue weighted by molar-refractivity contribution is 5.87. The van der Waals surface area contributed by atoms with Gasteiger partial charge in [0.05, 0.1) is 16.9 Å². The van der Waals surface area contributed by atoms with E-state index in [0.717, 1.165) is 16.5 Å². The van der Waals surface area contributed by atoms with E-state index in [-0.39, 0.29) is 23.4 Å². The van der Waals surface area contributed by atoms with Crippen molar-refractivity contribution in [3.8, 4) is 0 Å². The van der Waals surface area contributed by atoms with Gasteiger partial charge in [0.2, 0.25) is 5.91 Å². The van der Waals surface area contributed by atoms with Crippen LogP contribution in [0.5, 0.6) is 0 Å². The van der Waals surface area contributed by atoms with Gasteiger partial charge in [0.25, 0.3) is 5.56 Å². The molecule has 6 nitrogen and oxygen atoms in total. The quantitative estimate of drug-likeness (QED) is 0.566. The summed E-state index contributed by atoms with van der Waals surface area (Å²) in [7, 11) is 0. The number of rotatable bonds is 3. The van der Waals surface area contributed by atoms with E-state index < -0.39 is 6.04 Å². The van der Waals surface area contributed by atoms with Crippen molar-refractivity contribution in [2.24, 2.45) is 5.92 Å². The Morgan fingerprint density at radius 3 is 2.55 bits per heavy atom. The standard InChI is InChI=1S/C23H22N4O2/c1-13(2)20-21-25-18-10-6-4-8-16(18)23(29)27(21)19(22(28)26-20)11-14-12-24-17-9-5-3-7-15(14)17/h3-10,12-13,19-20,24H,11H2,1-2H3,(H,26,28)/t19-,20+/m1/s1. The van der Waals surface area contributed by atoms with Gasteiger partial charge in [-0.3, -0.25) is 14.2 Å². The number of benzene rings is 2. The van der Waals surface area contributed by atoms with Crippen molar-refractivity contribution in [3.63, 3.8) is 0 Å². The lowest BCUT2D eigenvalue weighted by Gasteiger charge is -2.34. The average molecular weight is 386 g/mol. The van der Waals surface area contributed by atoms with Crippen molar-refractivity contribution in [2.45, 2.75) is 32.4 Å². The molecule has 2 N–H and O–H groups in total. The summed E-state index contributed by atoms with van der Waals surface area (Å²) >= 11 is 0. The molecule has 0 spiro atoms. The lowest BCUT2D eigenvalue weighted by Crippen LogP contribution is -2.49. The zero-order valence-electron chi connectivity index (χ0n) is 16.3. The molecule has 1 aliphatic heterocycles. The van der Waals surface area contributed by atoms with Crippen LogP contribution in [0.15, 0.2) is 59.5 Å². The van der Waals surface area contributed by atoms with E-state index in [1.807, 2.05) is 62.5 Å². The molecule has 3 heterocycles. The van der Waals surface area contributed by atoms with E-state index in [2.05, 4.69) is 10.3 Å². The highest BCUT2D eigenvalue weighted by Crippen LogP contribution is 2.31. The summed E-state index contributed by atoms with van der Waals surface area (Å²) in [5.74, 6) is 0.612. The fourth-order valence-electron chi connectivity index (χ4n) is 4.27. The minimum Gasteiger partial charge on any atom is -0.361 e. The number of aromatic nitrogens is 3. The Labute approximate surface area is 167 Å². The van der Waals surface area contributed by atoms with Crippen molar-refractivity contribution in [2.75, 3.05) is 0 Å². The van der Waals surface area contributed by atoms with Gasteiger partial charge in [-0.25, -0.2) is 4.98 Å². The van der Waals surface area contributed by atoms with Crippen LogP contribution in [0.3, 0.4) is 0 Å². The van der Waals surface area contributed by atoms with Gasteiger partial charge in [-0.15, -0.1) is 0 Å². The zero-order chi connectivity index (χ0) is 20.1. The molecule has 0 saturated heterocycles. The Balaban J connectivity index is 1.71. The van der Waals surface area contributed by atoms with E-state index >= 15 is 0 Å². The van der Waals surface area contributed by atoms with Crippen molar-refractivity contribution in [3.05, 3.63) is 76.5 Å². The molecule has 0 saturated carbocycles. The summed E-state index contributed by atoms with van der Waals surface area (Å²) in [5.41, 5.74) is 2.53. The predicted molar refractivity (Wildman–Crippen MR) is 113 cm³/mol. The molecule has 29 heavy (non-hydrogen) atoms. The Morgan fingerprint density at radius 2 is 1.76 bits per heavy atom. The highest BCUT2D eigenvalue weighted by atomic mass is 16.2. The number of aromatic amines is 1. The van der Waals surface area contributed by atoms with Crippen LogP contribution >= 0.6 is 0 Å². The van der Waals surface area contributed by atoms with Gasteiger partial charge >= 0.3 is 0 Å². The fraction of sp³-hybridized carbons (Fsp3) is 0.261. The van der Waals surface area contributed by atoms with Crippen molar-refractivity contribution in [1.29, 1.82) is 0 Å². The number of nitrogens with one attached hydrogen (secondary N) is 2. The molecule has 0 aliphatic carbocycles. The van der Waals surface area contributed by atoms with Gasteiger partial charge in [-0.1, -0.05) is 44.2 Å². The molecule has 1 amide bonds. The molecule has 0 unspecified atom stereocenters. The van der Waals surface area contributed by atoms with Crippen LogP contribution in [-0.4, -0.2) is 20.4 Å². The molecular weight excluding hydrogens is 364 g/mol. The largest absolute Gasteiger partial charge is 0.361 e. The molecule has 2 aromatic heterocycles. The van der Waals surface area contributed by atoms with E-state index in [4.69, 9.17) is 4.98 Å². The Morgan fingerprint density at radius 1 is 1.03 bits per heavy atom. The summed E-state index contributed by atoms with van der Waals surface area (Å²) in [6.45, 7) is 4.05. The van der Waals surface area contributed by atoms with Crippen molar-refractivity contribution >= 4 is 27.7 Å². The zero-order valence-corrected chi connectivity index (χ0v) is 16.3. The van der Waals surface area contributed by atoms with E-state index in [1.54, 1.807) is 10.6 Å². The van der Waals surface area contributed by atoms with E-state index in [0.29, 0.717) is 23.1 Å². The number of hydrogen-bond acceptors (Lipinski definition) is 3. The van der Waals surface area contributed by atoms with Crippen molar-refractivity contribution < 1.29 is 4.79 Å². The summed E-state index contributed by atoms with van der Waals surface area (Å²) in [6.07, 6.45) is 2.35. The van der Waals surface area contributed by atoms with Crippen LogP contribution in [0, 0.1) is 5.92 Å². The van der Waals surface area contributed by atoms with Gasteiger partial charge in [0.15, 0.2) is 0 Å². The first-order valence-electron chi connectivity index (χ1n) is 9.91. The van der Waals surface area contributed by atoms with Crippen LogP contribution in [0.1, 0.15) is 37.3 Å². The minimum atomic E-state index is -0.635. The summed E-state index contributed by atoms with van der Waals surface area (Å²) in [5, 5.41) is 4.71.